The highest BCUT2D eigenvalue weighted by Crippen LogP contribution is 2.60. The highest BCUT2D eigenvalue weighted by molar-refractivity contribution is 9.10. The van der Waals surface area contributed by atoms with Gasteiger partial charge in [-0.25, -0.2) is 8.78 Å². The molecule has 29 heteroatoms. The smallest absolute Gasteiger partial charge is 0.405 e. The van der Waals surface area contributed by atoms with Crippen LogP contribution in [0.4, 0.5) is 20.4 Å². The number of hydrogen-bond donors (Lipinski definition) is 1. The van der Waals surface area contributed by atoms with Crippen LogP contribution in [0.15, 0.2) is 155 Å². The van der Waals surface area contributed by atoms with Gasteiger partial charge in [-0.1, -0.05) is 153 Å². The van der Waals surface area contributed by atoms with E-state index in [9.17, 15) is 54.3 Å². The van der Waals surface area contributed by atoms with E-state index in [1.807, 2.05) is 156 Å². The second-order valence-corrected chi connectivity index (χ2v) is 36.8. The van der Waals surface area contributed by atoms with Crippen molar-refractivity contribution in [3.05, 3.63) is 205 Å². The standard InChI is InChI=1S/C25H27BFNO4.C19H15BrFNO2.C19H16BrNO3.C12H24B2O4.C6H14F3NOS.4CH4/c1-22(2)23(3,4)32-26(31-22)17-12-10-16(11-13-17)25(14-24(5,27)15-25)28-20(29)18-8-6-7-9-19(18)21(28)30;1-18(21)10-19(11-18,12-6-8-13(20)9-7-12)22-16(23)14-4-2-3-5-15(14)17(22)24;1-18(24)10-19(11-18,12-6-8-13(20)9-7-12)21-16(22)14-4-2-3-5-15(14)17(21)23;1-9(2)10(3,4)16-13(15-9)14-17-11(5,6)12(7,8)18-14;1-3-4-10(5-6-11-2)12(7,8)9;;;;/h6-13H,14-15H2,1-5H3;2-9H,10-11H2,1H3;2-9,24H,10-11H2,1H3;1-8H3;3-6H2,1-2H3;4*1H4. The van der Waals surface area contributed by atoms with Crippen LogP contribution >= 0.6 is 43.2 Å². The van der Waals surface area contributed by atoms with Crippen LogP contribution in [-0.4, -0.2) is 158 Å². The molecule has 15 rings (SSSR count). The van der Waals surface area contributed by atoms with Gasteiger partial charge in [0.25, 0.3) is 46.8 Å². The molecule has 6 heterocycles. The molecule has 18 nitrogen and oxygen atoms in total. The predicted molar refractivity (Wildman–Crippen MR) is 447 cm³/mol. The van der Waals surface area contributed by atoms with Gasteiger partial charge in [-0.05, 0) is 193 Å². The molecule has 6 fully saturated rings. The second kappa shape index (κ2) is 33.7. The van der Waals surface area contributed by atoms with Crippen molar-refractivity contribution in [2.45, 2.75) is 253 Å². The Bertz CT molecular complexity index is 4170. The van der Waals surface area contributed by atoms with E-state index in [0.717, 1.165) is 31.1 Å². The number of alkyl halides is 2. The molecule has 9 aliphatic rings. The molecule has 0 atom stereocenters. The van der Waals surface area contributed by atoms with Crippen molar-refractivity contribution >= 4 is 105 Å². The first-order valence-electron chi connectivity index (χ1n) is 36.8. The molecular formula is C85H112B3Br2F5N4O14S. The average Bonchev–Trinajstić information content (AvgIpc) is 1.40. The van der Waals surface area contributed by atoms with Crippen LogP contribution in [0.5, 0.6) is 0 Å². The number of benzene rings is 6. The van der Waals surface area contributed by atoms with Gasteiger partial charge in [0.2, 0.25) is 0 Å². The fourth-order valence-corrected chi connectivity index (χ4v) is 17.2. The van der Waals surface area contributed by atoms with Crippen LogP contribution < -0.4 is 5.46 Å². The summed E-state index contributed by atoms with van der Waals surface area (Å²) < 4.78 is 109. The number of nitrogens with zero attached hydrogens (tertiary/aromatic N) is 4. The fraction of sp³-hybridized carbons (Fsp3) is 0.506. The van der Waals surface area contributed by atoms with E-state index in [1.54, 1.807) is 86.6 Å². The van der Waals surface area contributed by atoms with Gasteiger partial charge in [-0.15, -0.1) is 11.7 Å². The lowest BCUT2D eigenvalue weighted by Crippen LogP contribution is -2.63. The number of fused-ring (bicyclic) bond motifs is 3. The largest absolute Gasteiger partial charge is 0.494 e. The summed E-state index contributed by atoms with van der Waals surface area (Å²) in [7, 11) is -0.0697. The summed E-state index contributed by atoms with van der Waals surface area (Å²) >= 11 is 1.75. The van der Waals surface area contributed by atoms with Gasteiger partial charge in [0.1, 0.15) is 11.3 Å². The number of methoxy groups -OCH3 is 1. The number of rotatable bonds is 14. The SMILES string of the molecule is C.C.C.C.CC1(C)OB(B2OC(C)(C)C(C)(C)O2)OC1(C)C.CC1(F)CC(c2ccc(B3OC(C)(C)C(C)(C)O3)cc2)(N2C(=O)c3ccccc3C2=O)C1.CC1(F)CC(c2ccc(Br)cc2)(N2C(=O)c3ccccc3C2=O)C1.CC1(O)CC(c2ccc(Br)cc2)(N2C(=O)c3ccccc3C2=O)C1.CCCN(CCOC)S(F)(F)F. The summed E-state index contributed by atoms with van der Waals surface area (Å²) in [5.74, 6) is -1.97. The highest BCUT2D eigenvalue weighted by Gasteiger charge is 2.67. The van der Waals surface area contributed by atoms with Crippen LogP contribution in [0.3, 0.4) is 0 Å². The van der Waals surface area contributed by atoms with Crippen molar-refractivity contribution in [1.82, 2.24) is 19.0 Å². The number of imide groups is 3. The zero-order valence-electron chi connectivity index (χ0n) is 65.3. The number of ether oxygens (including phenoxy) is 1. The van der Waals surface area contributed by atoms with Crippen LogP contribution in [0.1, 0.15) is 264 Å². The molecule has 1 N–H and O–H groups in total. The van der Waals surface area contributed by atoms with E-state index in [4.69, 9.17) is 27.9 Å². The van der Waals surface area contributed by atoms with Crippen LogP contribution in [0.25, 0.3) is 0 Å². The zero-order valence-corrected chi connectivity index (χ0v) is 69.2. The highest BCUT2D eigenvalue weighted by atomic mass is 79.9. The number of hydrogen-bond acceptors (Lipinski definition) is 15. The molecule has 0 bridgehead atoms. The molecule has 6 aromatic rings. The van der Waals surface area contributed by atoms with Gasteiger partial charge in [-0.2, -0.15) is 4.31 Å². The third-order valence-electron chi connectivity index (χ3n) is 23.5. The van der Waals surface area contributed by atoms with Crippen molar-refractivity contribution < 1.29 is 87.0 Å². The fourth-order valence-electron chi connectivity index (χ4n) is 16.0. The van der Waals surface area contributed by atoms with Crippen LogP contribution in [0, 0.1) is 0 Å². The Balaban J connectivity index is 0.000000202. The minimum atomic E-state index is -5.05. The second-order valence-electron chi connectivity index (χ2n) is 33.7. The third kappa shape index (κ3) is 17.8. The van der Waals surface area contributed by atoms with E-state index in [2.05, 4.69) is 36.6 Å². The lowest BCUT2D eigenvalue weighted by molar-refractivity contribution is -0.118. The van der Waals surface area contributed by atoms with Gasteiger partial charge in [0.05, 0.1) is 95.8 Å². The molecule has 0 spiro atoms. The molecule has 114 heavy (non-hydrogen) atoms. The minimum absolute atomic E-state index is 0. The maximum absolute atomic E-state index is 14.8. The van der Waals surface area contributed by atoms with Crippen LogP contribution in [0.2, 0.25) is 0 Å². The molecule has 6 aliphatic heterocycles. The molecule has 6 amide bonds. The van der Waals surface area contributed by atoms with Crippen molar-refractivity contribution in [1.29, 1.82) is 0 Å². The van der Waals surface area contributed by atoms with Gasteiger partial charge in [-0.3, -0.25) is 43.5 Å². The first kappa shape index (κ1) is 94.7. The first-order valence-corrected chi connectivity index (χ1v) is 39.7. The Morgan fingerprint density at radius 1 is 0.412 bits per heavy atom. The van der Waals surface area contributed by atoms with Gasteiger partial charge < -0.3 is 37.8 Å². The topological polar surface area (TPSA) is 200 Å². The minimum Gasteiger partial charge on any atom is -0.405 e. The Morgan fingerprint density at radius 3 is 0.886 bits per heavy atom. The molecule has 620 valence electrons. The molecule has 0 aromatic heterocycles. The molecule has 0 unspecified atom stereocenters. The summed E-state index contributed by atoms with van der Waals surface area (Å²) in [5, 5.41) is 10.4. The number of carbonyl (C=O) groups is 6. The molecule has 0 radical (unpaired) electrons. The van der Waals surface area contributed by atoms with E-state index in [0.29, 0.717) is 56.9 Å². The molecule has 3 saturated carbocycles. The first-order chi connectivity index (χ1) is 50.9. The Labute approximate surface area is 690 Å². The van der Waals surface area contributed by atoms with Crippen molar-refractivity contribution in [3.63, 3.8) is 0 Å². The van der Waals surface area contributed by atoms with Gasteiger partial charge in [0.15, 0.2) is 0 Å². The van der Waals surface area contributed by atoms with E-state index >= 15 is 0 Å². The normalized spacial score (nSPS) is 27.1. The lowest BCUT2D eigenvalue weighted by atomic mass is 9.49. The van der Waals surface area contributed by atoms with E-state index in [-0.39, 0.29) is 133 Å². The number of aliphatic hydroxyl groups is 1. The summed E-state index contributed by atoms with van der Waals surface area (Å²) in [6.45, 7) is 30.8. The van der Waals surface area contributed by atoms with Crippen LogP contribution in [-0.2, 0) is 49.3 Å². The molecule has 6 aromatic carbocycles. The molecule has 3 saturated heterocycles. The molecular weight excluding hydrogens is 1620 g/mol. The Hall–Kier alpha value is -6.47. The average molecular weight is 1730 g/mol. The quantitative estimate of drug-likeness (QED) is 0.0613. The summed E-state index contributed by atoms with van der Waals surface area (Å²) in [5.41, 5.74) is -3.15. The number of carbonyl (C=O) groups excluding carboxylic acids is 6. The number of amides is 6. The van der Waals surface area contributed by atoms with Crippen molar-refractivity contribution in [2.24, 2.45) is 0 Å². The monoisotopic (exact) mass is 1730 g/mol. The van der Waals surface area contributed by atoms with E-state index < -0.39 is 77.3 Å². The maximum atomic E-state index is 14.8. The third-order valence-corrected chi connectivity index (χ3v) is 25.5. The number of halogens is 7. The maximum Gasteiger partial charge on any atom is 0.494 e. The lowest BCUT2D eigenvalue weighted by Gasteiger charge is -2.55. The van der Waals surface area contributed by atoms with Crippen molar-refractivity contribution in [3.8, 4) is 0 Å². The molecule has 3 aliphatic carbocycles. The summed E-state index contributed by atoms with van der Waals surface area (Å²) in [4.78, 5) is 81.8. The Morgan fingerprint density at radius 2 is 0.658 bits per heavy atom. The van der Waals surface area contributed by atoms with Gasteiger partial charge >= 0.3 is 21.1 Å². The summed E-state index contributed by atoms with van der Waals surface area (Å²) in [6.07, 6.45) is 1.57. The van der Waals surface area contributed by atoms with Gasteiger partial charge in [0, 0.05) is 67.7 Å². The summed E-state index contributed by atoms with van der Waals surface area (Å²) in [6, 6.07) is 42.9. The van der Waals surface area contributed by atoms with Crippen molar-refractivity contribution in [2.75, 3.05) is 26.8 Å². The predicted octanol–water partition coefficient (Wildman–Crippen LogP) is 19.5. The zero-order chi connectivity index (χ0) is 80.9. The Kier molecular flexibility index (Phi) is 28.0. The van der Waals surface area contributed by atoms with E-state index in [1.165, 1.54) is 35.7 Å².